The Hall–Kier alpha value is -1.43. The Morgan fingerprint density at radius 2 is 1.89 bits per heavy atom. The summed E-state index contributed by atoms with van der Waals surface area (Å²) in [6, 6.07) is 10.8. The molecule has 150 valence electrons. The Labute approximate surface area is 164 Å². The largest absolute Gasteiger partial charge is 0.383 e. The lowest BCUT2D eigenvalue weighted by atomic mass is 9.86. The number of carbonyl (C=O) groups is 1. The van der Waals surface area contributed by atoms with Crippen LogP contribution < -0.4 is 0 Å². The standard InChI is InChI=1S/C22H35N3O2/c1-23-15-16-24(13-6-9-20-7-4-3-5-8-20)19-22(23)11-10-21(26)25(14-12-22)17-18-27-2/h3-5,7-8H,6,9-19H2,1-2H3. The molecule has 1 amide bonds. The van der Waals surface area contributed by atoms with E-state index < -0.39 is 0 Å². The van der Waals surface area contributed by atoms with Crippen molar-refractivity contribution in [2.75, 3.05) is 60.0 Å². The predicted octanol–water partition coefficient (Wildman–Crippen LogP) is 2.26. The molecular weight excluding hydrogens is 338 g/mol. The zero-order valence-corrected chi connectivity index (χ0v) is 17.0. The third-order valence-electron chi connectivity index (χ3n) is 6.43. The van der Waals surface area contributed by atoms with Crippen LogP contribution in [0.15, 0.2) is 30.3 Å². The fourth-order valence-corrected chi connectivity index (χ4v) is 4.56. The Balaban J connectivity index is 1.55. The van der Waals surface area contributed by atoms with Gasteiger partial charge in [-0.05, 0) is 44.8 Å². The van der Waals surface area contributed by atoms with Gasteiger partial charge in [-0.25, -0.2) is 0 Å². The van der Waals surface area contributed by atoms with Crippen molar-refractivity contribution >= 4 is 5.91 Å². The van der Waals surface area contributed by atoms with Crippen molar-refractivity contribution in [1.82, 2.24) is 14.7 Å². The summed E-state index contributed by atoms with van der Waals surface area (Å²) in [5, 5.41) is 0. The van der Waals surface area contributed by atoms with Crippen molar-refractivity contribution in [1.29, 1.82) is 0 Å². The average Bonchev–Trinajstić information content (AvgIpc) is 2.84. The van der Waals surface area contributed by atoms with Gasteiger partial charge in [-0.3, -0.25) is 9.69 Å². The van der Waals surface area contributed by atoms with Gasteiger partial charge >= 0.3 is 0 Å². The first-order valence-corrected chi connectivity index (χ1v) is 10.4. The van der Waals surface area contributed by atoms with Gasteiger partial charge < -0.3 is 14.5 Å². The number of hydrogen-bond acceptors (Lipinski definition) is 4. The molecule has 0 radical (unpaired) electrons. The van der Waals surface area contributed by atoms with Gasteiger partial charge in [0.25, 0.3) is 0 Å². The van der Waals surface area contributed by atoms with E-state index >= 15 is 0 Å². The van der Waals surface area contributed by atoms with Gasteiger partial charge in [0.05, 0.1) is 6.61 Å². The van der Waals surface area contributed by atoms with Crippen LogP contribution >= 0.6 is 0 Å². The second-order valence-corrected chi connectivity index (χ2v) is 8.13. The number of likely N-dealkylation sites (N-methyl/N-ethyl adjacent to an activating group) is 1. The molecule has 1 aromatic rings. The van der Waals surface area contributed by atoms with Crippen molar-refractivity contribution in [3.05, 3.63) is 35.9 Å². The van der Waals surface area contributed by atoms with Gasteiger partial charge in [-0.1, -0.05) is 30.3 Å². The van der Waals surface area contributed by atoms with E-state index in [0.29, 0.717) is 18.9 Å². The number of benzene rings is 1. The summed E-state index contributed by atoms with van der Waals surface area (Å²) >= 11 is 0. The van der Waals surface area contributed by atoms with E-state index in [2.05, 4.69) is 47.2 Å². The number of hydrogen-bond donors (Lipinski definition) is 0. The Morgan fingerprint density at radius 1 is 1.07 bits per heavy atom. The maximum atomic E-state index is 12.5. The van der Waals surface area contributed by atoms with E-state index in [1.807, 2.05) is 4.90 Å². The van der Waals surface area contributed by atoms with E-state index in [4.69, 9.17) is 4.74 Å². The van der Waals surface area contributed by atoms with Crippen molar-refractivity contribution in [2.45, 2.75) is 37.6 Å². The number of rotatable bonds is 7. The summed E-state index contributed by atoms with van der Waals surface area (Å²) < 4.78 is 5.18. The molecule has 0 bridgehead atoms. The zero-order valence-electron chi connectivity index (χ0n) is 17.0. The molecule has 0 N–H and O–H groups in total. The summed E-state index contributed by atoms with van der Waals surface area (Å²) in [6.45, 7) is 6.65. The van der Waals surface area contributed by atoms with E-state index in [9.17, 15) is 4.79 Å². The quantitative estimate of drug-likeness (QED) is 0.735. The molecule has 0 aromatic heterocycles. The highest BCUT2D eigenvalue weighted by atomic mass is 16.5. The SMILES string of the molecule is COCCN1CCC2(CCC1=O)CN(CCCc1ccccc1)CCN2C. The minimum absolute atomic E-state index is 0.141. The van der Waals surface area contributed by atoms with E-state index in [-0.39, 0.29) is 5.54 Å². The molecule has 1 atom stereocenters. The van der Waals surface area contributed by atoms with E-state index in [1.165, 1.54) is 12.0 Å². The molecule has 1 spiro atoms. The highest BCUT2D eigenvalue weighted by Crippen LogP contribution is 2.32. The summed E-state index contributed by atoms with van der Waals surface area (Å²) in [7, 11) is 3.95. The molecule has 2 heterocycles. The molecule has 1 unspecified atom stereocenters. The van der Waals surface area contributed by atoms with Crippen LogP contribution in [0.4, 0.5) is 0 Å². The Morgan fingerprint density at radius 3 is 2.67 bits per heavy atom. The van der Waals surface area contributed by atoms with Gasteiger partial charge in [-0.2, -0.15) is 0 Å². The predicted molar refractivity (Wildman–Crippen MR) is 109 cm³/mol. The number of piperazine rings is 1. The molecule has 2 fully saturated rings. The highest BCUT2D eigenvalue weighted by Gasteiger charge is 2.41. The topological polar surface area (TPSA) is 36.0 Å². The summed E-state index contributed by atoms with van der Waals surface area (Å²) in [5.41, 5.74) is 1.57. The fraction of sp³-hybridized carbons (Fsp3) is 0.682. The summed E-state index contributed by atoms with van der Waals surface area (Å²) in [5.74, 6) is 0.290. The van der Waals surface area contributed by atoms with Crippen LogP contribution in [-0.4, -0.2) is 86.2 Å². The van der Waals surface area contributed by atoms with Crippen LogP contribution in [0.25, 0.3) is 0 Å². The Bertz CT molecular complexity index is 594. The molecule has 2 aliphatic heterocycles. The van der Waals surface area contributed by atoms with Crippen LogP contribution in [-0.2, 0) is 16.0 Å². The second-order valence-electron chi connectivity index (χ2n) is 8.13. The molecule has 27 heavy (non-hydrogen) atoms. The molecule has 1 aromatic carbocycles. The molecule has 3 rings (SSSR count). The van der Waals surface area contributed by atoms with Gasteiger partial charge in [-0.15, -0.1) is 0 Å². The van der Waals surface area contributed by atoms with Crippen LogP contribution in [0.1, 0.15) is 31.2 Å². The van der Waals surface area contributed by atoms with Crippen molar-refractivity contribution in [3.63, 3.8) is 0 Å². The van der Waals surface area contributed by atoms with E-state index in [0.717, 1.165) is 58.5 Å². The first-order chi connectivity index (χ1) is 13.1. The van der Waals surface area contributed by atoms with Crippen molar-refractivity contribution in [3.8, 4) is 0 Å². The smallest absolute Gasteiger partial charge is 0.222 e. The number of carbonyl (C=O) groups excluding carboxylic acids is 1. The van der Waals surface area contributed by atoms with Crippen LogP contribution in [0, 0.1) is 0 Å². The lowest BCUT2D eigenvalue weighted by Crippen LogP contribution is -2.61. The molecular formula is C22H35N3O2. The van der Waals surface area contributed by atoms with Crippen molar-refractivity contribution in [2.24, 2.45) is 0 Å². The first-order valence-electron chi connectivity index (χ1n) is 10.4. The average molecular weight is 374 g/mol. The fourth-order valence-electron chi connectivity index (χ4n) is 4.56. The minimum Gasteiger partial charge on any atom is -0.383 e. The second kappa shape index (κ2) is 9.67. The Kier molecular flexibility index (Phi) is 7.27. The minimum atomic E-state index is 0.141. The maximum Gasteiger partial charge on any atom is 0.222 e. The number of nitrogens with zero attached hydrogens (tertiary/aromatic N) is 3. The molecule has 2 aliphatic rings. The third kappa shape index (κ3) is 5.31. The normalized spacial score (nSPS) is 25.1. The lowest BCUT2D eigenvalue weighted by molar-refractivity contribution is -0.131. The van der Waals surface area contributed by atoms with Crippen LogP contribution in [0.2, 0.25) is 0 Å². The molecule has 2 saturated heterocycles. The third-order valence-corrected chi connectivity index (χ3v) is 6.43. The summed E-state index contributed by atoms with van der Waals surface area (Å²) in [4.78, 5) is 19.6. The summed E-state index contributed by atoms with van der Waals surface area (Å²) in [6.07, 6.45) is 5.03. The lowest BCUT2D eigenvalue weighted by Gasteiger charge is -2.49. The molecule has 5 heteroatoms. The molecule has 0 saturated carbocycles. The van der Waals surface area contributed by atoms with Crippen LogP contribution in [0.5, 0.6) is 0 Å². The van der Waals surface area contributed by atoms with Gasteiger partial charge in [0, 0.05) is 51.8 Å². The number of ether oxygens (including phenoxy) is 1. The maximum absolute atomic E-state index is 12.5. The number of likely N-dealkylation sites (tertiary alicyclic amines) is 1. The van der Waals surface area contributed by atoms with Crippen molar-refractivity contribution < 1.29 is 9.53 Å². The monoisotopic (exact) mass is 373 g/mol. The number of amides is 1. The van der Waals surface area contributed by atoms with Gasteiger partial charge in [0.15, 0.2) is 0 Å². The number of aryl methyl sites for hydroxylation is 1. The molecule has 0 aliphatic carbocycles. The number of methoxy groups -OCH3 is 1. The van der Waals surface area contributed by atoms with Crippen LogP contribution in [0.3, 0.4) is 0 Å². The molecule has 5 nitrogen and oxygen atoms in total. The van der Waals surface area contributed by atoms with E-state index in [1.54, 1.807) is 7.11 Å². The highest BCUT2D eigenvalue weighted by molar-refractivity contribution is 5.76. The van der Waals surface area contributed by atoms with Gasteiger partial charge in [0.2, 0.25) is 5.91 Å². The van der Waals surface area contributed by atoms with Gasteiger partial charge in [0.1, 0.15) is 0 Å². The first kappa shape index (κ1) is 20.3. The zero-order chi connectivity index (χ0) is 19.1.